The van der Waals surface area contributed by atoms with Crippen molar-refractivity contribution in [3.05, 3.63) is 82.4 Å². The lowest BCUT2D eigenvalue weighted by Crippen LogP contribution is -2.13. The first kappa shape index (κ1) is 15.2. The van der Waals surface area contributed by atoms with Crippen LogP contribution >= 0.6 is 0 Å². The third kappa shape index (κ3) is 2.91. The number of H-pyrrole nitrogens is 1. The Kier molecular flexibility index (Phi) is 3.61. The maximum atomic E-state index is 13.3. The van der Waals surface area contributed by atoms with Crippen LogP contribution in [0.2, 0.25) is 0 Å². The molecule has 0 amide bonds. The molecule has 0 atom stereocenters. The first-order valence-electron chi connectivity index (χ1n) is 7.56. The van der Waals surface area contributed by atoms with Gasteiger partial charge in [-0.2, -0.15) is 0 Å². The summed E-state index contributed by atoms with van der Waals surface area (Å²) in [7, 11) is 0. The fraction of sp³-hybridized carbons (Fsp3) is 0.0556. The summed E-state index contributed by atoms with van der Waals surface area (Å²) < 4.78 is 28.0. The van der Waals surface area contributed by atoms with E-state index < -0.39 is 0 Å². The summed E-state index contributed by atoms with van der Waals surface area (Å²) in [6.45, 7) is 0.301. The molecule has 1 N–H and O–H groups in total. The molecule has 2 aromatic heterocycles. The van der Waals surface area contributed by atoms with Crippen LogP contribution in [0.15, 0.2) is 59.7 Å². The fourth-order valence-corrected chi connectivity index (χ4v) is 2.68. The SMILES string of the molecule is O=c1[nH]c(-c2ccc(F)cc2)nc2ncn(Cc3cccc(F)c3)c12. The van der Waals surface area contributed by atoms with Crippen LogP contribution in [0, 0.1) is 11.6 Å². The summed E-state index contributed by atoms with van der Waals surface area (Å²) in [4.78, 5) is 23.7. The molecule has 0 radical (unpaired) electrons. The van der Waals surface area contributed by atoms with Crippen LogP contribution in [0.1, 0.15) is 5.56 Å². The van der Waals surface area contributed by atoms with Crippen LogP contribution in [-0.4, -0.2) is 19.5 Å². The van der Waals surface area contributed by atoms with Crippen LogP contribution in [0.3, 0.4) is 0 Å². The zero-order chi connectivity index (χ0) is 17.4. The zero-order valence-corrected chi connectivity index (χ0v) is 12.9. The molecule has 4 rings (SSSR count). The van der Waals surface area contributed by atoms with Gasteiger partial charge in [0.25, 0.3) is 5.56 Å². The number of fused-ring (bicyclic) bond motifs is 1. The molecule has 0 saturated heterocycles. The third-order valence-corrected chi connectivity index (χ3v) is 3.84. The molecule has 0 aliphatic carbocycles. The highest BCUT2D eigenvalue weighted by molar-refractivity contribution is 5.72. The molecule has 7 heteroatoms. The molecular weight excluding hydrogens is 326 g/mol. The Morgan fingerprint density at radius 1 is 1.04 bits per heavy atom. The normalized spacial score (nSPS) is 11.1. The number of nitrogens with one attached hydrogen (secondary N) is 1. The van der Waals surface area contributed by atoms with Crippen LogP contribution in [0.4, 0.5) is 8.78 Å². The Balaban J connectivity index is 1.77. The van der Waals surface area contributed by atoms with Gasteiger partial charge in [0, 0.05) is 12.1 Å². The molecule has 25 heavy (non-hydrogen) atoms. The Morgan fingerprint density at radius 3 is 2.60 bits per heavy atom. The number of benzene rings is 2. The summed E-state index contributed by atoms with van der Waals surface area (Å²) in [6.07, 6.45) is 1.49. The first-order chi connectivity index (χ1) is 12.1. The Labute approximate surface area is 140 Å². The van der Waals surface area contributed by atoms with Gasteiger partial charge < -0.3 is 9.55 Å². The van der Waals surface area contributed by atoms with E-state index in [4.69, 9.17) is 0 Å². The van der Waals surface area contributed by atoms with E-state index in [0.717, 1.165) is 0 Å². The minimum atomic E-state index is -0.369. The highest BCUT2D eigenvalue weighted by Gasteiger charge is 2.12. The topological polar surface area (TPSA) is 63.6 Å². The lowest BCUT2D eigenvalue weighted by molar-refractivity contribution is 0.624. The number of hydrogen-bond acceptors (Lipinski definition) is 3. The summed E-state index contributed by atoms with van der Waals surface area (Å²) in [5.41, 5.74) is 1.51. The summed E-state index contributed by atoms with van der Waals surface area (Å²) >= 11 is 0. The summed E-state index contributed by atoms with van der Waals surface area (Å²) in [5, 5.41) is 0. The van der Waals surface area contributed by atoms with E-state index in [-0.39, 0.29) is 22.8 Å². The smallest absolute Gasteiger partial charge is 0.277 e. The maximum Gasteiger partial charge on any atom is 0.277 e. The standard InChI is InChI=1S/C18H12F2N4O/c19-13-6-4-12(5-7-13)16-22-17-15(18(25)23-16)24(10-21-17)9-11-2-1-3-14(20)8-11/h1-8,10H,9H2,(H,22,23,25). The van der Waals surface area contributed by atoms with Gasteiger partial charge in [-0.05, 0) is 42.0 Å². The minimum absolute atomic E-state index is 0.277. The average molecular weight is 338 g/mol. The Hall–Kier alpha value is -3.35. The van der Waals surface area contributed by atoms with Gasteiger partial charge in [-0.15, -0.1) is 0 Å². The molecular formula is C18H12F2N4O. The Bertz CT molecular complexity index is 1120. The molecule has 4 aromatic rings. The second-order valence-corrected chi connectivity index (χ2v) is 5.60. The van der Waals surface area contributed by atoms with Crippen LogP contribution in [0.5, 0.6) is 0 Å². The second kappa shape index (κ2) is 5.94. The molecule has 2 heterocycles. The molecule has 0 aliphatic heterocycles. The van der Waals surface area contributed by atoms with E-state index in [1.165, 1.54) is 42.7 Å². The van der Waals surface area contributed by atoms with E-state index in [1.54, 1.807) is 16.7 Å². The van der Waals surface area contributed by atoms with Crippen molar-refractivity contribution >= 4 is 11.2 Å². The number of imidazole rings is 1. The van der Waals surface area contributed by atoms with E-state index in [1.807, 2.05) is 0 Å². The summed E-state index contributed by atoms with van der Waals surface area (Å²) in [5.74, 6) is -0.396. The average Bonchev–Trinajstić information content (AvgIpc) is 2.99. The second-order valence-electron chi connectivity index (χ2n) is 5.60. The lowest BCUT2D eigenvalue weighted by atomic mass is 10.2. The quantitative estimate of drug-likeness (QED) is 0.624. The predicted octanol–water partition coefficient (Wildman–Crippen LogP) is 3.11. The van der Waals surface area contributed by atoms with Crippen molar-refractivity contribution in [3.8, 4) is 11.4 Å². The summed E-state index contributed by atoms with van der Waals surface area (Å²) in [6, 6.07) is 11.8. The number of hydrogen-bond donors (Lipinski definition) is 1. The van der Waals surface area contributed by atoms with Crippen molar-refractivity contribution in [3.63, 3.8) is 0 Å². The fourth-order valence-electron chi connectivity index (χ4n) is 2.68. The van der Waals surface area contributed by atoms with Crippen molar-refractivity contribution in [1.82, 2.24) is 19.5 Å². The molecule has 124 valence electrons. The molecule has 0 fully saturated rings. The number of halogens is 2. The van der Waals surface area contributed by atoms with Gasteiger partial charge in [0.1, 0.15) is 17.5 Å². The van der Waals surface area contributed by atoms with Crippen LogP contribution in [0.25, 0.3) is 22.6 Å². The number of rotatable bonds is 3. The van der Waals surface area contributed by atoms with Crippen molar-refractivity contribution in [2.75, 3.05) is 0 Å². The van der Waals surface area contributed by atoms with E-state index in [9.17, 15) is 13.6 Å². The van der Waals surface area contributed by atoms with Gasteiger partial charge in [0.15, 0.2) is 11.2 Å². The van der Waals surface area contributed by atoms with Gasteiger partial charge >= 0.3 is 0 Å². The third-order valence-electron chi connectivity index (χ3n) is 3.84. The highest BCUT2D eigenvalue weighted by Crippen LogP contribution is 2.17. The number of nitrogens with zero attached hydrogens (tertiary/aromatic N) is 3. The van der Waals surface area contributed by atoms with Gasteiger partial charge in [-0.3, -0.25) is 4.79 Å². The molecule has 0 saturated carbocycles. The van der Waals surface area contributed by atoms with E-state index in [2.05, 4.69) is 15.0 Å². The minimum Gasteiger partial charge on any atom is -0.320 e. The first-order valence-corrected chi connectivity index (χ1v) is 7.56. The van der Waals surface area contributed by atoms with Gasteiger partial charge in [0.2, 0.25) is 0 Å². The molecule has 0 bridgehead atoms. The van der Waals surface area contributed by atoms with E-state index >= 15 is 0 Å². The van der Waals surface area contributed by atoms with Gasteiger partial charge in [-0.25, -0.2) is 18.7 Å². The predicted molar refractivity (Wildman–Crippen MR) is 89.0 cm³/mol. The highest BCUT2D eigenvalue weighted by atomic mass is 19.1. The molecule has 0 unspecified atom stereocenters. The molecule has 0 aliphatic rings. The number of aromatic amines is 1. The molecule has 0 spiro atoms. The van der Waals surface area contributed by atoms with Crippen molar-refractivity contribution in [2.24, 2.45) is 0 Å². The zero-order valence-electron chi connectivity index (χ0n) is 12.9. The van der Waals surface area contributed by atoms with Crippen LogP contribution in [-0.2, 0) is 6.54 Å². The van der Waals surface area contributed by atoms with Gasteiger partial charge in [-0.1, -0.05) is 12.1 Å². The lowest BCUT2D eigenvalue weighted by Gasteiger charge is -2.05. The maximum absolute atomic E-state index is 13.3. The molecule has 5 nitrogen and oxygen atoms in total. The van der Waals surface area contributed by atoms with E-state index in [0.29, 0.717) is 29.0 Å². The van der Waals surface area contributed by atoms with Crippen LogP contribution < -0.4 is 5.56 Å². The largest absolute Gasteiger partial charge is 0.320 e. The van der Waals surface area contributed by atoms with Gasteiger partial charge in [0.05, 0.1) is 6.33 Å². The Morgan fingerprint density at radius 2 is 1.84 bits per heavy atom. The number of aromatic nitrogens is 4. The van der Waals surface area contributed by atoms with Crippen molar-refractivity contribution in [1.29, 1.82) is 0 Å². The van der Waals surface area contributed by atoms with Crippen molar-refractivity contribution < 1.29 is 8.78 Å². The molecule has 2 aromatic carbocycles. The monoisotopic (exact) mass is 338 g/mol. The van der Waals surface area contributed by atoms with Crippen molar-refractivity contribution in [2.45, 2.75) is 6.54 Å².